The summed E-state index contributed by atoms with van der Waals surface area (Å²) < 4.78 is 43.2. The van der Waals surface area contributed by atoms with E-state index in [0.29, 0.717) is 0 Å². The van der Waals surface area contributed by atoms with Gasteiger partial charge < -0.3 is 9.84 Å². The SMILES string of the molecule is CC(C)(O)CCOc1ccc(C#N)c(C(F)(F)F)c1. The number of rotatable bonds is 4. The Bertz CT molecular complexity index is 484. The van der Waals surface area contributed by atoms with Gasteiger partial charge in [-0.2, -0.15) is 18.4 Å². The lowest BCUT2D eigenvalue weighted by atomic mass is 10.1. The van der Waals surface area contributed by atoms with Crippen LogP contribution in [0.25, 0.3) is 0 Å². The maximum absolute atomic E-state index is 12.7. The number of halogens is 3. The minimum atomic E-state index is -4.60. The Morgan fingerprint density at radius 2 is 1.95 bits per heavy atom. The van der Waals surface area contributed by atoms with Gasteiger partial charge >= 0.3 is 6.18 Å². The summed E-state index contributed by atoms with van der Waals surface area (Å²) in [5.74, 6) is 0.0237. The molecule has 104 valence electrons. The number of hydrogen-bond acceptors (Lipinski definition) is 3. The van der Waals surface area contributed by atoms with Gasteiger partial charge in [0.1, 0.15) is 5.75 Å². The fraction of sp³-hybridized carbons (Fsp3) is 0.462. The van der Waals surface area contributed by atoms with Crippen LogP contribution in [0.4, 0.5) is 13.2 Å². The molecule has 0 spiro atoms. The summed E-state index contributed by atoms with van der Waals surface area (Å²) in [5.41, 5.74) is -2.41. The van der Waals surface area contributed by atoms with Crippen LogP contribution in [0, 0.1) is 11.3 Å². The van der Waals surface area contributed by atoms with Crippen molar-refractivity contribution in [1.82, 2.24) is 0 Å². The molecule has 1 aromatic carbocycles. The molecule has 1 rings (SSSR count). The van der Waals surface area contributed by atoms with Gasteiger partial charge in [-0.05, 0) is 32.0 Å². The molecule has 0 saturated carbocycles. The van der Waals surface area contributed by atoms with E-state index in [1.165, 1.54) is 12.1 Å². The highest BCUT2D eigenvalue weighted by atomic mass is 19.4. The molecule has 0 unspecified atom stereocenters. The Kier molecular flexibility index (Phi) is 4.43. The Hall–Kier alpha value is -1.74. The third kappa shape index (κ3) is 4.79. The first-order valence-electron chi connectivity index (χ1n) is 5.60. The molecule has 0 fully saturated rings. The first-order chi connectivity index (χ1) is 8.63. The van der Waals surface area contributed by atoms with Crippen molar-refractivity contribution in [2.45, 2.75) is 32.0 Å². The molecular weight excluding hydrogens is 259 g/mol. The number of ether oxygens (including phenoxy) is 1. The second-order valence-electron chi connectivity index (χ2n) is 4.73. The van der Waals surface area contributed by atoms with Crippen molar-refractivity contribution >= 4 is 0 Å². The van der Waals surface area contributed by atoms with Crippen LogP contribution >= 0.6 is 0 Å². The van der Waals surface area contributed by atoms with Gasteiger partial charge in [0.25, 0.3) is 0 Å². The fourth-order valence-electron chi connectivity index (χ4n) is 1.36. The molecular formula is C13H14F3NO2. The van der Waals surface area contributed by atoms with Crippen LogP contribution < -0.4 is 4.74 Å². The summed E-state index contributed by atoms with van der Waals surface area (Å²) in [6.45, 7) is 3.25. The first-order valence-corrected chi connectivity index (χ1v) is 5.60. The number of nitriles is 1. The number of aliphatic hydroxyl groups is 1. The van der Waals surface area contributed by atoms with Crippen molar-refractivity contribution in [3.63, 3.8) is 0 Å². The summed E-state index contributed by atoms with van der Waals surface area (Å²) in [7, 11) is 0. The highest BCUT2D eigenvalue weighted by molar-refractivity contribution is 5.44. The van der Waals surface area contributed by atoms with Crippen molar-refractivity contribution in [2.75, 3.05) is 6.61 Å². The van der Waals surface area contributed by atoms with Gasteiger partial charge in [0, 0.05) is 6.42 Å². The molecule has 3 nitrogen and oxygen atoms in total. The van der Waals surface area contributed by atoms with Gasteiger partial charge in [0.05, 0.1) is 29.4 Å². The Labute approximate surface area is 109 Å². The van der Waals surface area contributed by atoms with Gasteiger partial charge in [-0.25, -0.2) is 0 Å². The van der Waals surface area contributed by atoms with Crippen molar-refractivity contribution < 1.29 is 23.0 Å². The van der Waals surface area contributed by atoms with Gasteiger partial charge in [-0.1, -0.05) is 0 Å². The molecule has 0 amide bonds. The minimum absolute atomic E-state index is 0.0237. The molecule has 1 aromatic rings. The third-order valence-corrected chi connectivity index (χ3v) is 2.40. The summed E-state index contributed by atoms with van der Waals surface area (Å²) >= 11 is 0. The number of alkyl halides is 3. The second-order valence-corrected chi connectivity index (χ2v) is 4.73. The van der Waals surface area contributed by atoms with E-state index in [2.05, 4.69) is 0 Å². The van der Waals surface area contributed by atoms with Crippen molar-refractivity contribution in [2.24, 2.45) is 0 Å². The van der Waals surface area contributed by atoms with Crippen LogP contribution in [0.1, 0.15) is 31.4 Å². The summed E-state index contributed by atoms with van der Waals surface area (Å²) in [6.07, 6.45) is -4.31. The molecule has 0 radical (unpaired) electrons. The normalized spacial score (nSPS) is 12.1. The Morgan fingerprint density at radius 3 is 2.42 bits per heavy atom. The fourth-order valence-corrected chi connectivity index (χ4v) is 1.36. The predicted octanol–water partition coefficient (Wildman–Crippen LogP) is 3.12. The number of nitrogens with zero attached hydrogens (tertiary/aromatic N) is 1. The van der Waals surface area contributed by atoms with Crippen LogP contribution in [0.2, 0.25) is 0 Å². The molecule has 6 heteroatoms. The van der Waals surface area contributed by atoms with E-state index in [9.17, 15) is 18.3 Å². The predicted molar refractivity (Wildman–Crippen MR) is 62.6 cm³/mol. The van der Waals surface area contributed by atoms with Gasteiger partial charge in [-0.15, -0.1) is 0 Å². The third-order valence-electron chi connectivity index (χ3n) is 2.40. The standard InChI is InChI=1S/C13H14F3NO2/c1-12(2,18)5-6-19-10-4-3-9(8-17)11(7-10)13(14,15)16/h3-4,7,18H,5-6H2,1-2H3. The topological polar surface area (TPSA) is 53.2 Å². The highest BCUT2D eigenvalue weighted by Crippen LogP contribution is 2.34. The Morgan fingerprint density at radius 1 is 1.32 bits per heavy atom. The van der Waals surface area contributed by atoms with E-state index in [0.717, 1.165) is 12.1 Å². The zero-order chi connectivity index (χ0) is 14.7. The maximum Gasteiger partial charge on any atom is 0.417 e. The monoisotopic (exact) mass is 273 g/mol. The van der Waals surface area contributed by atoms with E-state index < -0.39 is 22.9 Å². The average molecular weight is 273 g/mol. The number of benzene rings is 1. The Balaban J connectivity index is 2.86. The van der Waals surface area contributed by atoms with Crippen LogP contribution in [-0.4, -0.2) is 17.3 Å². The van der Waals surface area contributed by atoms with Crippen molar-refractivity contribution in [3.8, 4) is 11.8 Å². The van der Waals surface area contributed by atoms with Crippen LogP contribution in [0.3, 0.4) is 0 Å². The van der Waals surface area contributed by atoms with Crippen LogP contribution in [0.15, 0.2) is 18.2 Å². The molecule has 0 aromatic heterocycles. The van der Waals surface area contributed by atoms with E-state index in [-0.39, 0.29) is 18.8 Å². The summed E-state index contributed by atoms with van der Waals surface area (Å²) in [6, 6.07) is 4.66. The lowest BCUT2D eigenvalue weighted by Gasteiger charge is -2.17. The average Bonchev–Trinajstić information content (AvgIpc) is 2.26. The largest absolute Gasteiger partial charge is 0.493 e. The molecule has 0 atom stereocenters. The molecule has 0 heterocycles. The summed E-state index contributed by atoms with van der Waals surface area (Å²) in [5, 5.41) is 18.1. The molecule has 19 heavy (non-hydrogen) atoms. The molecule has 0 bridgehead atoms. The van der Waals surface area contributed by atoms with Crippen molar-refractivity contribution in [1.29, 1.82) is 5.26 Å². The lowest BCUT2D eigenvalue weighted by Crippen LogP contribution is -2.21. The van der Waals surface area contributed by atoms with E-state index >= 15 is 0 Å². The van der Waals surface area contributed by atoms with E-state index in [1.807, 2.05) is 0 Å². The molecule has 0 saturated heterocycles. The summed E-state index contributed by atoms with van der Waals surface area (Å²) in [4.78, 5) is 0. The highest BCUT2D eigenvalue weighted by Gasteiger charge is 2.34. The number of hydrogen-bond donors (Lipinski definition) is 1. The zero-order valence-electron chi connectivity index (χ0n) is 10.6. The quantitative estimate of drug-likeness (QED) is 0.917. The molecule has 0 aliphatic rings. The lowest BCUT2D eigenvalue weighted by molar-refractivity contribution is -0.137. The van der Waals surface area contributed by atoms with Gasteiger partial charge in [0.15, 0.2) is 0 Å². The van der Waals surface area contributed by atoms with Crippen molar-refractivity contribution in [3.05, 3.63) is 29.3 Å². The van der Waals surface area contributed by atoms with E-state index in [4.69, 9.17) is 10.00 Å². The second kappa shape index (κ2) is 5.49. The van der Waals surface area contributed by atoms with Gasteiger partial charge in [-0.3, -0.25) is 0 Å². The van der Waals surface area contributed by atoms with Crippen LogP contribution in [-0.2, 0) is 6.18 Å². The van der Waals surface area contributed by atoms with Crippen LogP contribution in [0.5, 0.6) is 5.75 Å². The molecule has 1 N–H and O–H groups in total. The molecule has 0 aliphatic carbocycles. The first kappa shape index (κ1) is 15.3. The van der Waals surface area contributed by atoms with E-state index in [1.54, 1.807) is 13.8 Å². The smallest absolute Gasteiger partial charge is 0.417 e. The molecule has 0 aliphatic heterocycles. The maximum atomic E-state index is 12.7. The van der Waals surface area contributed by atoms with Gasteiger partial charge in [0.2, 0.25) is 0 Å². The zero-order valence-corrected chi connectivity index (χ0v) is 10.6. The minimum Gasteiger partial charge on any atom is -0.493 e.